The first kappa shape index (κ1) is 11.8. The van der Waals surface area contributed by atoms with Crippen LogP contribution in [0.15, 0.2) is 0 Å². The van der Waals surface area contributed by atoms with Crippen molar-refractivity contribution in [3.63, 3.8) is 0 Å². The third kappa shape index (κ3) is 2.44. The van der Waals surface area contributed by atoms with E-state index in [0.717, 1.165) is 18.4 Å². The van der Waals surface area contributed by atoms with Gasteiger partial charge in [0.1, 0.15) is 0 Å². The molecular weight excluding hydrogens is 232 g/mol. The van der Waals surface area contributed by atoms with Gasteiger partial charge in [-0.1, -0.05) is 0 Å². The Morgan fingerprint density at radius 3 is 2.17 bits per heavy atom. The molecule has 3 fully saturated rings. The van der Waals surface area contributed by atoms with E-state index in [4.69, 9.17) is 5.11 Å². The van der Waals surface area contributed by atoms with E-state index in [1.165, 1.54) is 25.7 Å². The summed E-state index contributed by atoms with van der Waals surface area (Å²) in [5, 5.41) is 11.7. The van der Waals surface area contributed by atoms with Crippen LogP contribution in [0.3, 0.4) is 0 Å². The number of carboxylic acid groups (broad SMARTS) is 1. The predicted octanol–water partition coefficient (Wildman–Crippen LogP) is 1.15. The number of nitrogens with one attached hydrogen (secondary N) is 1. The molecule has 1 aliphatic heterocycles. The highest BCUT2D eigenvalue weighted by molar-refractivity contribution is 5.79. The molecule has 2 N–H and O–H groups in total. The van der Waals surface area contributed by atoms with E-state index < -0.39 is 5.97 Å². The average molecular weight is 252 g/mol. The van der Waals surface area contributed by atoms with Gasteiger partial charge in [-0.25, -0.2) is 4.79 Å². The number of hydrogen-bond acceptors (Lipinski definition) is 2. The predicted molar refractivity (Wildman–Crippen MR) is 65.0 cm³/mol. The summed E-state index contributed by atoms with van der Waals surface area (Å²) < 4.78 is 0. The number of likely N-dealkylation sites (tertiary alicyclic amines) is 1. The molecule has 2 aliphatic carbocycles. The Hall–Kier alpha value is -1.26. The fourth-order valence-corrected chi connectivity index (χ4v) is 2.88. The smallest absolute Gasteiger partial charge is 0.317 e. The highest BCUT2D eigenvalue weighted by Crippen LogP contribution is 2.48. The van der Waals surface area contributed by atoms with Crippen LogP contribution in [-0.2, 0) is 4.79 Å². The number of nitrogens with zero attached hydrogens (tertiary/aromatic N) is 1. The number of carbonyl (C=O) groups is 2. The maximum atomic E-state index is 11.8. The lowest BCUT2D eigenvalue weighted by Gasteiger charge is -2.36. The summed E-state index contributed by atoms with van der Waals surface area (Å²) in [5.74, 6) is 1.18. The molecular formula is C13H20N2O3. The van der Waals surface area contributed by atoms with Gasteiger partial charge >= 0.3 is 12.0 Å². The first-order chi connectivity index (χ1) is 8.65. The van der Waals surface area contributed by atoms with E-state index in [9.17, 15) is 9.59 Å². The van der Waals surface area contributed by atoms with Crippen LogP contribution in [0.4, 0.5) is 4.79 Å². The zero-order valence-electron chi connectivity index (χ0n) is 10.5. The number of carbonyl (C=O) groups excluding carboxylic acids is 1. The van der Waals surface area contributed by atoms with E-state index in [1.54, 1.807) is 4.90 Å². The lowest BCUT2D eigenvalue weighted by molar-refractivity contribution is -0.146. The third-order valence-corrected chi connectivity index (χ3v) is 4.46. The third-order valence-electron chi connectivity index (χ3n) is 4.46. The molecule has 0 spiro atoms. The molecule has 18 heavy (non-hydrogen) atoms. The van der Waals surface area contributed by atoms with Crippen molar-refractivity contribution in [1.82, 2.24) is 10.2 Å². The molecule has 0 aromatic rings. The number of urea groups is 1. The second-order valence-corrected chi connectivity index (χ2v) is 5.96. The summed E-state index contributed by atoms with van der Waals surface area (Å²) >= 11 is 0. The Kier molecular flexibility index (Phi) is 2.92. The second-order valence-electron chi connectivity index (χ2n) is 5.96. The molecule has 1 saturated heterocycles. The molecule has 0 radical (unpaired) electrons. The molecule has 0 atom stereocenters. The molecule has 0 aromatic carbocycles. The molecule has 2 saturated carbocycles. The molecule has 5 heteroatoms. The summed E-state index contributed by atoms with van der Waals surface area (Å²) in [5.41, 5.74) is 0. The zero-order valence-corrected chi connectivity index (χ0v) is 10.5. The Labute approximate surface area is 107 Å². The van der Waals surface area contributed by atoms with Gasteiger partial charge in [-0.3, -0.25) is 4.79 Å². The van der Waals surface area contributed by atoms with E-state index in [1.807, 2.05) is 0 Å². The van der Waals surface area contributed by atoms with Crippen LogP contribution in [-0.4, -0.2) is 41.6 Å². The first-order valence-corrected chi connectivity index (χ1v) is 6.90. The summed E-state index contributed by atoms with van der Waals surface area (Å²) in [6.07, 6.45) is 5.29. The number of rotatable bonds is 5. The van der Waals surface area contributed by atoms with Crippen LogP contribution in [0.1, 0.15) is 25.7 Å². The largest absolute Gasteiger partial charge is 0.481 e. The molecule has 1 heterocycles. The number of hydrogen-bond donors (Lipinski definition) is 2. The zero-order chi connectivity index (χ0) is 12.7. The minimum Gasteiger partial charge on any atom is -0.481 e. The van der Waals surface area contributed by atoms with Crippen LogP contribution in [0.5, 0.6) is 0 Å². The normalized spacial score (nSPS) is 23.9. The van der Waals surface area contributed by atoms with Crippen molar-refractivity contribution in [1.29, 1.82) is 0 Å². The first-order valence-electron chi connectivity index (χ1n) is 6.90. The minimum absolute atomic E-state index is 0.0844. The van der Waals surface area contributed by atoms with Gasteiger partial charge in [0, 0.05) is 19.6 Å². The van der Waals surface area contributed by atoms with Gasteiger partial charge in [-0.15, -0.1) is 0 Å². The van der Waals surface area contributed by atoms with Crippen molar-refractivity contribution in [3.8, 4) is 0 Å². The highest BCUT2D eigenvalue weighted by atomic mass is 16.4. The van der Waals surface area contributed by atoms with Crippen molar-refractivity contribution in [2.24, 2.45) is 23.7 Å². The molecule has 2 amide bonds. The second kappa shape index (κ2) is 4.44. The van der Waals surface area contributed by atoms with Gasteiger partial charge in [0.05, 0.1) is 5.92 Å². The van der Waals surface area contributed by atoms with Crippen molar-refractivity contribution in [2.75, 3.05) is 19.6 Å². The molecule has 3 aliphatic rings. The quantitative estimate of drug-likeness (QED) is 0.771. The lowest BCUT2D eigenvalue weighted by atomic mass is 9.98. The van der Waals surface area contributed by atoms with Gasteiger partial charge in [0.15, 0.2) is 0 Å². The van der Waals surface area contributed by atoms with Crippen LogP contribution in [0.2, 0.25) is 0 Å². The standard InChI is InChI=1S/C13H20N2O3/c16-12(17)10-6-15(7-10)13(18)14-5-11(8-1-2-8)9-3-4-9/h8-11H,1-7H2,(H,14,18)(H,16,17). The van der Waals surface area contributed by atoms with Crippen LogP contribution in [0, 0.1) is 23.7 Å². The van der Waals surface area contributed by atoms with Gasteiger partial charge in [0.25, 0.3) is 0 Å². The van der Waals surface area contributed by atoms with Gasteiger partial charge < -0.3 is 15.3 Å². The number of aliphatic carboxylic acids is 1. The van der Waals surface area contributed by atoms with Gasteiger partial charge in [-0.2, -0.15) is 0 Å². The van der Waals surface area contributed by atoms with Crippen LogP contribution in [0.25, 0.3) is 0 Å². The highest BCUT2D eigenvalue weighted by Gasteiger charge is 2.42. The van der Waals surface area contributed by atoms with Crippen molar-refractivity contribution in [2.45, 2.75) is 25.7 Å². The summed E-state index contributed by atoms with van der Waals surface area (Å²) in [7, 11) is 0. The Morgan fingerprint density at radius 1 is 1.17 bits per heavy atom. The topological polar surface area (TPSA) is 69.6 Å². The number of carboxylic acids is 1. The summed E-state index contributed by atoms with van der Waals surface area (Å²) in [6.45, 7) is 1.50. The summed E-state index contributed by atoms with van der Waals surface area (Å²) in [4.78, 5) is 24.1. The maximum absolute atomic E-state index is 11.8. The molecule has 3 rings (SSSR count). The van der Waals surface area contributed by atoms with Crippen molar-refractivity contribution in [3.05, 3.63) is 0 Å². The maximum Gasteiger partial charge on any atom is 0.317 e. The van der Waals surface area contributed by atoms with Gasteiger partial charge in [0.2, 0.25) is 0 Å². The van der Waals surface area contributed by atoms with Gasteiger partial charge in [-0.05, 0) is 43.4 Å². The minimum atomic E-state index is -0.798. The summed E-state index contributed by atoms with van der Waals surface area (Å²) in [6, 6.07) is -0.0844. The number of amides is 2. The molecule has 0 bridgehead atoms. The van der Waals surface area contributed by atoms with Crippen molar-refractivity contribution >= 4 is 12.0 Å². The van der Waals surface area contributed by atoms with E-state index in [-0.39, 0.29) is 11.9 Å². The van der Waals surface area contributed by atoms with Crippen LogP contribution >= 0.6 is 0 Å². The van der Waals surface area contributed by atoms with E-state index >= 15 is 0 Å². The monoisotopic (exact) mass is 252 g/mol. The molecule has 0 aromatic heterocycles. The SMILES string of the molecule is O=C(O)C1CN(C(=O)NCC(C2CC2)C2CC2)C1. The van der Waals surface area contributed by atoms with Crippen molar-refractivity contribution < 1.29 is 14.7 Å². The van der Waals surface area contributed by atoms with Crippen LogP contribution < -0.4 is 5.32 Å². The fraction of sp³-hybridized carbons (Fsp3) is 0.846. The molecule has 5 nitrogen and oxygen atoms in total. The Bertz CT molecular complexity index is 345. The molecule has 100 valence electrons. The molecule has 0 unspecified atom stereocenters. The Balaban J connectivity index is 1.40. The van der Waals surface area contributed by atoms with E-state index in [0.29, 0.717) is 19.0 Å². The lowest BCUT2D eigenvalue weighted by Crippen LogP contribution is -2.56. The van der Waals surface area contributed by atoms with E-state index in [2.05, 4.69) is 5.32 Å². The fourth-order valence-electron chi connectivity index (χ4n) is 2.88. The Morgan fingerprint density at radius 2 is 1.72 bits per heavy atom. The average Bonchev–Trinajstić information content (AvgIpc) is 3.10.